The van der Waals surface area contributed by atoms with Crippen molar-refractivity contribution in [2.24, 2.45) is 5.92 Å². The van der Waals surface area contributed by atoms with Gasteiger partial charge in [-0.25, -0.2) is 0 Å². The summed E-state index contributed by atoms with van der Waals surface area (Å²) in [5.74, 6) is 0.854. The molecule has 1 fully saturated rings. The molecule has 0 radical (unpaired) electrons. The van der Waals surface area contributed by atoms with E-state index in [4.69, 9.17) is 0 Å². The Morgan fingerprint density at radius 1 is 1.21 bits per heavy atom. The fourth-order valence-corrected chi connectivity index (χ4v) is 2.41. The average Bonchev–Trinajstić information content (AvgIpc) is 3.20. The van der Waals surface area contributed by atoms with Crippen LogP contribution >= 0.6 is 0 Å². The van der Waals surface area contributed by atoms with Crippen LogP contribution in [0.1, 0.15) is 43.9 Å². The van der Waals surface area contributed by atoms with E-state index in [2.05, 4.69) is 62.3 Å². The molecule has 0 aliphatic heterocycles. The summed E-state index contributed by atoms with van der Waals surface area (Å²) in [6.07, 6.45) is 2.76. The number of likely N-dealkylation sites (N-methyl/N-ethyl adjacent to an activating group) is 1. The molecule has 2 nitrogen and oxygen atoms in total. The van der Waals surface area contributed by atoms with Gasteiger partial charge in [-0.15, -0.1) is 0 Å². The normalized spacial score (nSPS) is 17.2. The van der Waals surface area contributed by atoms with E-state index in [0.717, 1.165) is 19.0 Å². The predicted octanol–water partition coefficient (Wildman–Crippen LogP) is 3.38. The standard InChI is InChI=1S/C17H28N2/c1-13(2)19(4)12-11-18-17(16-9-10-16)15-7-5-14(3)6-8-15/h5-8,13,16-18H,9-12H2,1-4H3. The molecule has 2 heteroatoms. The van der Waals surface area contributed by atoms with Crippen LogP contribution in [-0.4, -0.2) is 31.1 Å². The number of nitrogens with one attached hydrogen (secondary N) is 1. The van der Waals surface area contributed by atoms with Gasteiger partial charge in [-0.2, -0.15) is 0 Å². The molecule has 0 bridgehead atoms. The minimum absolute atomic E-state index is 0.557. The number of hydrogen-bond acceptors (Lipinski definition) is 2. The lowest BCUT2D eigenvalue weighted by molar-refractivity contribution is 0.266. The summed E-state index contributed by atoms with van der Waals surface area (Å²) in [6.45, 7) is 8.84. The predicted molar refractivity (Wildman–Crippen MR) is 82.4 cm³/mol. The molecule has 1 aromatic rings. The van der Waals surface area contributed by atoms with E-state index in [1.54, 1.807) is 0 Å². The van der Waals surface area contributed by atoms with Crippen LogP contribution in [0.15, 0.2) is 24.3 Å². The smallest absolute Gasteiger partial charge is 0.0349 e. The number of rotatable bonds is 7. The summed E-state index contributed by atoms with van der Waals surface area (Å²) in [6, 6.07) is 10.2. The van der Waals surface area contributed by atoms with Gasteiger partial charge in [0, 0.05) is 25.2 Å². The zero-order chi connectivity index (χ0) is 13.8. The highest BCUT2D eigenvalue weighted by molar-refractivity contribution is 5.25. The fourth-order valence-electron chi connectivity index (χ4n) is 2.41. The topological polar surface area (TPSA) is 15.3 Å². The van der Waals surface area contributed by atoms with E-state index >= 15 is 0 Å². The first kappa shape index (κ1) is 14.5. The van der Waals surface area contributed by atoms with Gasteiger partial charge < -0.3 is 10.2 Å². The van der Waals surface area contributed by atoms with Gasteiger partial charge in [0.25, 0.3) is 0 Å². The summed E-state index contributed by atoms with van der Waals surface area (Å²) in [4.78, 5) is 2.39. The van der Waals surface area contributed by atoms with Crippen LogP contribution in [0.5, 0.6) is 0 Å². The van der Waals surface area contributed by atoms with Gasteiger partial charge >= 0.3 is 0 Å². The number of benzene rings is 1. The van der Waals surface area contributed by atoms with Gasteiger partial charge in [-0.1, -0.05) is 29.8 Å². The van der Waals surface area contributed by atoms with Crippen LogP contribution in [0.4, 0.5) is 0 Å². The first-order valence-corrected chi connectivity index (χ1v) is 7.58. The summed E-state index contributed by atoms with van der Waals surface area (Å²) in [5, 5.41) is 3.76. The van der Waals surface area contributed by atoms with Gasteiger partial charge in [-0.05, 0) is 52.1 Å². The molecule has 0 amide bonds. The average molecular weight is 260 g/mol. The maximum atomic E-state index is 3.76. The Bertz CT molecular complexity index is 379. The van der Waals surface area contributed by atoms with Crippen LogP contribution in [-0.2, 0) is 0 Å². The third kappa shape index (κ3) is 4.32. The second-order valence-corrected chi connectivity index (χ2v) is 6.25. The zero-order valence-electron chi connectivity index (χ0n) is 12.8. The molecule has 106 valence electrons. The first-order valence-electron chi connectivity index (χ1n) is 7.58. The third-order valence-electron chi connectivity index (χ3n) is 4.24. The maximum absolute atomic E-state index is 3.76. The molecule has 0 aromatic heterocycles. The summed E-state index contributed by atoms with van der Waals surface area (Å²) in [7, 11) is 2.20. The van der Waals surface area contributed by atoms with Crippen LogP contribution < -0.4 is 5.32 Å². The Morgan fingerprint density at radius 2 is 1.84 bits per heavy atom. The molecule has 19 heavy (non-hydrogen) atoms. The number of hydrogen-bond donors (Lipinski definition) is 1. The van der Waals surface area contributed by atoms with Crippen LogP contribution in [0.2, 0.25) is 0 Å². The zero-order valence-corrected chi connectivity index (χ0v) is 12.8. The maximum Gasteiger partial charge on any atom is 0.0349 e. The highest BCUT2D eigenvalue weighted by Crippen LogP contribution is 2.40. The number of nitrogens with zero attached hydrogens (tertiary/aromatic N) is 1. The highest BCUT2D eigenvalue weighted by Gasteiger charge is 2.31. The van der Waals surface area contributed by atoms with Crippen molar-refractivity contribution in [2.45, 2.75) is 45.7 Å². The summed E-state index contributed by atoms with van der Waals surface area (Å²) < 4.78 is 0. The molecule has 2 rings (SSSR count). The van der Waals surface area contributed by atoms with E-state index in [1.165, 1.54) is 24.0 Å². The van der Waals surface area contributed by atoms with Crippen molar-refractivity contribution in [1.82, 2.24) is 10.2 Å². The van der Waals surface area contributed by atoms with E-state index < -0.39 is 0 Å². The van der Waals surface area contributed by atoms with Crippen molar-refractivity contribution in [3.05, 3.63) is 35.4 Å². The fraction of sp³-hybridized carbons (Fsp3) is 0.647. The molecule has 0 spiro atoms. The second-order valence-electron chi connectivity index (χ2n) is 6.25. The van der Waals surface area contributed by atoms with E-state index in [9.17, 15) is 0 Å². The monoisotopic (exact) mass is 260 g/mol. The lowest BCUT2D eigenvalue weighted by Crippen LogP contribution is -2.35. The Hall–Kier alpha value is -0.860. The Labute approximate surface area is 118 Å². The van der Waals surface area contributed by atoms with Crippen molar-refractivity contribution in [1.29, 1.82) is 0 Å². The second kappa shape index (κ2) is 6.53. The largest absolute Gasteiger partial charge is 0.308 e. The SMILES string of the molecule is Cc1ccc(C(NCCN(C)C(C)C)C2CC2)cc1. The third-order valence-corrected chi connectivity index (χ3v) is 4.24. The highest BCUT2D eigenvalue weighted by atomic mass is 15.1. The van der Waals surface area contributed by atoms with Gasteiger partial charge in [0.1, 0.15) is 0 Å². The van der Waals surface area contributed by atoms with Crippen LogP contribution in [0.3, 0.4) is 0 Å². The van der Waals surface area contributed by atoms with E-state index in [1.807, 2.05) is 0 Å². The van der Waals surface area contributed by atoms with E-state index in [0.29, 0.717) is 12.1 Å². The molecule has 0 heterocycles. The molecule has 1 unspecified atom stereocenters. The minimum Gasteiger partial charge on any atom is -0.308 e. The van der Waals surface area contributed by atoms with Gasteiger partial charge in [-0.3, -0.25) is 0 Å². The first-order chi connectivity index (χ1) is 9.08. The molecular weight excluding hydrogens is 232 g/mol. The molecule has 1 aliphatic rings. The van der Waals surface area contributed by atoms with Crippen LogP contribution in [0, 0.1) is 12.8 Å². The van der Waals surface area contributed by atoms with Crippen molar-refractivity contribution in [2.75, 3.05) is 20.1 Å². The van der Waals surface area contributed by atoms with Crippen molar-refractivity contribution < 1.29 is 0 Å². The summed E-state index contributed by atoms with van der Waals surface area (Å²) in [5.41, 5.74) is 2.80. The lowest BCUT2D eigenvalue weighted by atomic mass is 10.0. The Kier molecular flexibility index (Phi) is 5.00. The molecule has 0 saturated heterocycles. The van der Waals surface area contributed by atoms with Crippen molar-refractivity contribution >= 4 is 0 Å². The van der Waals surface area contributed by atoms with Crippen molar-refractivity contribution in [3.8, 4) is 0 Å². The van der Waals surface area contributed by atoms with Gasteiger partial charge in [0.2, 0.25) is 0 Å². The molecule has 1 aliphatic carbocycles. The molecule has 1 saturated carbocycles. The van der Waals surface area contributed by atoms with Gasteiger partial charge in [0.15, 0.2) is 0 Å². The minimum atomic E-state index is 0.557. The quantitative estimate of drug-likeness (QED) is 0.808. The Balaban J connectivity index is 1.88. The van der Waals surface area contributed by atoms with Gasteiger partial charge in [0.05, 0.1) is 0 Å². The molecular formula is C17H28N2. The molecule has 1 atom stereocenters. The van der Waals surface area contributed by atoms with Crippen LogP contribution in [0.25, 0.3) is 0 Å². The van der Waals surface area contributed by atoms with Crippen molar-refractivity contribution in [3.63, 3.8) is 0 Å². The molecule has 1 aromatic carbocycles. The van der Waals surface area contributed by atoms with E-state index in [-0.39, 0.29) is 0 Å². The Morgan fingerprint density at radius 3 is 2.37 bits per heavy atom. The number of aryl methyl sites for hydroxylation is 1. The molecule has 1 N–H and O–H groups in total. The summed E-state index contributed by atoms with van der Waals surface area (Å²) >= 11 is 0. The lowest BCUT2D eigenvalue weighted by Gasteiger charge is -2.24.